The van der Waals surface area contributed by atoms with Crippen LogP contribution in [-0.2, 0) is 14.3 Å². The van der Waals surface area contributed by atoms with Gasteiger partial charge in [0.05, 0.1) is 30.5 Å². The van der Waals surface area contributed by atoms with E-state index in [1.807, 2.05) is 12.3 Å². The second-order valence-electron chi connectivity index (χ2n) is 6.13. The Morgan fingerprint density at radius 2 is 1.85 bits per heavy atom. The lowest BCUT2D eigenvalue weighted by atomic mass is 10.2. The quantitative estimate of drug-likeness (QED) is 0.745. The Bertz CT molecular complexity index is 811. The van der Waals surface area contributed by atoms with Gasteiger partial charge in [-0.15, -0.1) is 11.3 Å². The van der Waals surface area contributed by atoms with Crippen LogP contribution in [0.15, 0.2) is 35.7 Å². The van der Waals surface area contributed by atoms with Crippen molar-refractivity contribution >= 4 is 40.6 Å². The summed E-state index contributed by atoms with van der Waals surface area (Å²) in [5, 5.41) is 8.50. The summed E-state index contributed by atoms with van der Waals surface area (Å²) in [7, 11) is 0. The van der Waals surface area contributed by atoms with Gasteiger partial charge in [-0.2, -0.15) is 0 Å². The first-order valence-electron chi connectivity index (χ1n) is 8.70. The van der Waals surface area contributed by atoms with Gasteiger partial charge in [0.1, 0.15) is 0 Å². The number of aromatic nitrogens is 1. The molecule has 2 heterocycles. The van der Waals surface area contributed by atoms with Crippen LogP contribution in [0, 0.1) is 6.92 Å². The molecule has 1 aliphatic rings. The Morgan fingerprint density at radius 1 is 1.19 bits per heavy atom. The lowest BCUT2D eigenvalue weighted by molar-refractivity contribution is -0.118. The van der Waals surface area contributed by atoms with E-state index >= 15 is 0 Å². The second kappa shape index (κ2) is 9.40. The molecule has 1 aromatic heterocycles. The van der Waals surface area contributed by atoms with Gasteiger partial charge < -0.3 is 15.4 Å². The van der Waals surface area contributed by atoms with E-state index in [0.717, 1.165) is 23.8 Å². The molecule has 0 bridgehead atoms. The highest BCUT2D eigenvalue weighted by Gasteiger charge is 2.14. The van der Waals surface area contributed by atoms with Crippen LogP contribution in [0.2, 0.25) is 0 Å². The van der Waals surface area contributed by atoms with E-state index in [2.05, 4.69) is 20.5 Å². The maximum Gasteiger partial charge on any atom is 0.248 e. The molecule has 1 aromatic carbocycles. The van der Waals surface area contributed by atoms with Crippen LogP contribution in [0.4, 0.5) is 11.4 Å². The number of benzene rings is 1. The molecule has 7 nitrogen and oxygen atoms in total. The number of nitrogens with one attached hydrogen (secondary N) is 2. The van der Waals surface area contributed by atoms with Gasteiger partial charge in [0.25, 0.3) is 0 Å². The van der Waals surface area contributed by atoms with Crippen LogP contribution < -0.4 is 10.6 Å². The molecule has 0 spiro atoms. The monoisotopic (exact) mass is 386 g/mol. The van der Waals surface area contributed by atoms with Gasteiger partial charge >= 0.3 is 0 Å². The van der Waals surface area contributed by atoms with Crippen LogP contribution in [-0.4, -0.2) is 54.5 Å². The van der Waals surface area contributed by atoms with Crippen molar-refractivity contribution in [2.24, 2.45) is 0 Å². The predicted octanol–water partition coefficient (Wildman–Crippen LogP) is 2.37. The lowest BCUT2D eigenvalue weighted by Crippen LogP contribution is -2.41. The van der Waals surface area contributed by atoms with Crippen molar-refractivity contribution in [2.45, 2.75) is 6.92 Å². The highest BCUT2D eigenvalue weighted by atomic mass is 32.1. The van der Waals surface area contributed by atoms with E-state index in [1.165, 1.54) is 17.4 Å². The third-order valence-electron chi connectivity index (χ3n) is 3.95. The van der Waals surface area contributed by atoms with Crippen molar-refractivity contribution in [3.05, 3.63) is 46.4 Å². The summed E-state index contributed by atoms with van der Waals surface area (Å²) in [5.41, 5.74) is 2.12. The van der Waals surface area contributed by atoms with Gasteiger partial charge in [0.2, 0.25) is 11.8 Å². The zero-order valence-electron chi connectivity index (χ0n) is 15.1. The fourth-order valence-electron chi connectivity index (χ4n) is 2.60. The first kappa shape index (κ1) is 19.2. The van der Waals surface area contributed by atoms with Crippen molar-refractivity contribution in [3.63, 3.8) is 0 Å². The zero-order valence-corrected chi connectivity index (χ0v) is 15.9. The first-order chi connectivity index (χ1) is 13.1. The highest BCUT2D eigenvalue weighted by Crippen LogP contribution is 2.14. The number of morpholine rings is 1. The van der Waals surface area contributed by atoms with Crippen LogP contribution >= 0.6 is 11.3 Å². The molecule has 0 aliphatic carbocycles. The summed E-state index contributed by atoms with van der Waals surface area (Å²) in [5.74, 6) is -0.292. The predicted molar refractivity (Wildman–Crippen MR) is 107 cm³/mol. The average Bonchev–Trinajstić information content (AvgIpc) is 3.08. The minimum atomic E-state index is -0.232. The first-order valence-corrected chi connectivity index (χ1v) is 9.58. The SMILES string of the molecule is Cc1nc(/C=C/C(=O)Nc2ccc(NC(=O)CN3CCOCC3)cc2)cs1. The number of hydrogen-bond acceptors (Lipinski definition) is 6. The van der Waals surface area contributed by atoms with Crippen molar-refractivity contribution in [3.8, 4) is 0 Å². The number of thiazole rings is 1. The van der Waals surface area contributed by atoms with E-state index in [9.17, 15) is 9.59 Å². The van der Waals surface area contributed by atoms with Crippen molar-refractivity contribution in [2.75, 3.05) is 43.5 Å². The van der Waals surface area contributed by atoms with Gasteiger partial charge in [-0.3, -0.25) is 14.5 Å². The highest BCUT2D eigenvalue weighted by molar-refractivity contribution is 7.09. The number of aryl methyl sites for hydroxylation is 1. The molecule has 1 fully saturated rings. The molecule has 0 atom stereocenters. The Morgan fingerprint density at radius 3 is 2.48 bits per heavy atom. The average molecular weight is 386 g/mol. The molecule has 0 radical (unpaired) electrons. The molecule has 2 amide bonds. The number of hydrogen-bond donors (Lipinski definition) is 2. The number of rotatable bonds is 6. The van der Waals surface area contributed by atoms with Crippen LogP contribution in [0.1, 0.15) is 10.7 Å². The summed E-state index contributed by atoms with van der Waals surface area (Å²) in [6.07, 6.45) is 3.13. The number of nitrogens with zero attached hydrogens (tertiary/aromatic N) is 2. The molecule has 2 N–H and O–H groups in total. The maximum absolute atomic E-state index is 12.1. The number of amides is 2. The Balaban J connectivity index is 1.47. The number of carbonyl (C=O) groups excluding carboxylic acids is 2. The molecule has 1 aliphatic heterocycles. The molecule has 0 saturated carbocycles. The molecular formula is C19H22N4O3S. The Kier molecular flexibility index (Phi) is 6.69. The second-order valence-corrected chi connectivity index (χ2v) is 7.19. The summed E-state index contributed by atoms with van der Waals surface area (Å²) in [4.78, 5) is 30.4. The van der Waals surface area contributed by atoms with Crippen LogP contribution in [0.5, 0.6) is 0 Å². The van der Waals surface area contributed by atoms with Gasteiger partial charge in [-0.25, -0.2) is 4.98 Å². The van der Waals surface area contributed by atoms with Crippen molar-refractivity contribution < 1.29 is 14.3 Å². The van der Waals surface area contributed by atoms with Crippen LogP contribution in [0.25, 0.3) is 6.08 Å². The topological polar surface area (TPSA) is 83.6 Å². The van der Waals surface area contributed by atoms with Gasteiger partial charge in [0, 0.05) is 35.9 Å². The van der Waals surface area contributed by atoms with E-state index in [1.54, 1.807) is 30.3 Å². The molecule has 1 saturated heterocycles. The lowest BCUT2D eigenvalue weighted by Gasteiger charge is -2.25. The summed E-state index contributed by atoms with van der Waals surface area (Å²) < 4.78 is 5.27. The normalized spacial score (nSPS) is 15.0. The maximum atomic E-state index is 12.1. The summed E-state index contributed by atoms with van der Waals surface area (Å²) >= 11 is 1.54. The number of anilines is 2. The van der Waals surface area contributed by atoms with Crippen molar-refractivity contribution in [1.29, 1.82) is 0 Å². The smallest absolute Gasteiger partial charge is 0.248 e. The molecular weight excluding hydrogens is 364 g/mol. The summed E-state index contributed by atoms with van der Waals surface area (Å²) in [6.45, 7) is 5.14. The van der Waals surface area contributed by atoms with Gasteiger partial charge in [-0.05, 0) is 37.3 Å². The molecule has 27 heavy (non-hydrogen) atoms. The zero-order chi connectivity index (χ0) is 19.1. The molecule has 142 valence electrons. The fourth-order valence-corrected chi connectivity index (χ4v) is 3.18. The van der Waals surface area contributed by atoms with E-state index in [4.69, 9.17) is 4.74 Å². The minimum Gasteiger partial charge on any atom is -0.379 e. The Hall–Kier alpha value is -2.55. The van der Waals surface area contributed by atoms with E-state index < -0.39 is 0 Å². The molecule has 2 aromatic rings. The largest absolute Gasteiger partial charge is 0.379 e. The molecule has 0 unspecified atom stereocenters. The van der Waals surface area contributed by atoms with Gasteiger partial charge in [0.15, 0.2) is 0 Å². The van der Waals surface area contributed by atoms with Crippen LogP contribution in [0.3, 0.4) is 0 Å². The van der Waals surface area contributed by atoms with E-state index in [0.29, 0.717) is 31.1 Å². The third-order valence-corrected chi connectivity index (χ3v) is 4.74. The number of ether oxygens (including phenoxy) is 1. The third kappa shape index (κ3) is 6.28. The molecule has 8 heteroatoms. The van der Waals surface area contributed by atoms with E-state index in [-0.39, 0.29) is 11.8 Å². The number of carbonyl (C=O) groups is 2. The minimum absolute atomic E-state index is 0.0600. The van der Waals surface area contributed by atoms with Gasteiger partial charge in [-0.1, -0.05) is 0 Å². The fraction of sp³-hybridized carbons (Fsp3) is 0.316. The Labute approximate surface area is 162 Å². The standard InChI is InChI=1S/C19H22N4O3S/c1-14-20-17(13-27-14)6-7-18(24)21-15-2-4-16(5-3-15)22-19(25)12-23-8-10-26-11-9-23/h2-7,13H,8-12H2,1H3,(H,21,24)(H,22,25)/b7-6+. The molecule has 3 rings (SSSR count). The van der Waals surface area contributed by atoms with Crippen molar-refractivity contribution in [1.82, 2.24) is 9.88 Å². The summed E-state index contributed by atoms with van der Waals surface area (Å²) in [6, 6.07) is 7.03.